The van der Waals surface area contributed by atoms with Crippen LogP contribution in [0.3, 0.4) is 0 Å². The molecule has 0 unspecified atom stereocenters. The van der Waals surface area contributed by atoms with Crippen LogP contribution in [-0.2, 0) is 11.3 Å². The van der Waals surface area contributed by atoms with Gasteiger partial charge in [0.25, 0.3) is 5.91 Å². The summed E-state index contributed by atoms with van der Waals surface area (Å²) < 4.78 is 20.1. The SMILES string of the molecule is COC(=O)c1c(C)cc(NC(=O)c2cn(CCCN)nn2)cc1F. The van der Waals surface area contributed by atoms with Gasteiger partial charge in [0.05, 0.1) is 18.9 Å². The number of carbonyl (C=O) groups is 2. The molecule has 0 saturated heterocycles. The molecule has 1 amide bonds. The minimum Gasteiger partial charge on any atom is -0.465 e. The number of nitrogens with zero attached hydrogens (tertiary/aromatic N) is 3. The van der Waals surface area contributed by atoms with Crippen molar-refractivity contribution in [3.05, 3.63) is 41.0 Å². The van der Waals surface area contributed by atoms with Crippen LogP contribution >= 0.6 is 0 Å². The number of methoxy groups -OCH3 is 1. The zero-order chi connectivity index (χ0) is 17.7. The Kier molecular flexibility index (Phi) is 5.59. The first-order chi connectivity index (χ1) is 11.5. The molecule has 0 aliphatic heterocycles. The number of aromatic nitrogens is 3. The van der Waals surface area contributed by atoms with Crippen molar-refractivity contribution >= 4 is 17.6 Å². The number of aryl methyl sites for hydroxylation is 2. The third-order valence-electron chi connectivity index (χ3n) is 3.30. The van der Waals surface area contributed by atoms with Crippen LogP contribution in [0.1, 0.15) is 32.8 Å². The highest BCUT2D eigenvalue weighted by Gasteiger charge is 2.18. The maximum atomic E-state index is 14.0. The second-order valence-electron chi connectivity index (χ2n) is 5.10. The number of halogens is 1. The number of amides is 1. The Morgan fingerprint density at radius 3 is 2.79 bits per heavy atom. The number of hydrogen-bond donors (Lipinski definition) is 2. The van der Waals surface area contributed by atoms with Gasteiger partial charge >= 0.3 is 5.97 Å². The van der Waals surface area contributed by atoms with Gasteiger partial charge in [-0.25, -0.2) is 9.18 Å². The van der Waals surface area contributed by atoms with Crippen LogP contribution in [0.4, 0.5) is 10.1 Å². The van der Waals surface area contributed by atoms with Gasteiger partial charge in [-0.2, -0.15) is 0 Å². The van der Waals surface area contributed by atoms with Crippen LogP contribution < -0.4 is 11.1 Å². The van der Waals surface area contributed by atoms with Gasteiger partial charge in [-0.15, -0.1) is 5.10 Å². The highest BCUT2D eigenvalue weighted by atomic mass is 19.1. The Morgan fingerprint density at radius 1 is 1.42 bits per heavy atom. The molecule has 128 valence electrons. The molecule has 1 aromatic carbocycles. The molecular weight excluding hydrogens is 317 g/mol. The third-order valence-corrected chi connectivity index (χ3v) is 3.30. The molecule has 0 fully saturated rings. The van der Waals surface area contributed by atoms with E-state index < -0.39 is 17.7 Å². The number of nitrogens with two attached hydrogens (primary N) is 1. The summed E-state index contributed by atoms with van der Waals surface area (Å²) in [6.07, 6.45) is 2.20. The van der Waals surface area contributed by atoms with Gasteiger partial charge < -0.3 is 15.8 Å². The van der Waals surface area contributed by atoms with Crippen molar-refractivity contribution in [1.29, 1.82) is 0 Å². The van der Waals surface area contributed by atoms with E-state index >= 15 is 0 Å². The van der Waals surface area contributed by atoms with Crippen molar-refractivity contribution in [1.82, 2.24) is 15.0 Å². The molecule has 3 N–H and O–H groups in total. The molecule has 0 aliphatic rings. The van der Waals surface area contributed by atoms with Crippen molar-refractivity contribution in [2.45, 2.75) is 19.9 Å². The number of ether oxygens (including phenoxy) is 1. The smallest absolute Gasteiger partial charge is 0.341 e. The predicted molar refractivity (Wildman–Crippen MR) is 84.1 cm³/mol. The molecule has 0 saturated carbocycles. The Balaban J connectivity index is 2.14. The summed E-state index contributed by atoms with van der Waals surface area (Å²) in [4.78, 5) is 23.7. The molecule has 1 aromatic heterocycles. The standard InChI is InChI=1S/C15H18FN5O3/c1-9-6-10(7-11(16)13(9)15(23)24-2)18-14(22)12-8-21(20-19-12)5-3-4-17/h6-8H,3-5,17H2,1-2H3,(H,18,22). The second-order valence-corrected chi connectivity index (χ2v) is 5.10. The summed E-state index contributed by atoms with van der Waals surface area (Å²) >= 11 is 0. The molecule has 0 spiro atoms. The fourth-order valence-electron chi connectivity index (χ4n) is 2.14. The predicted octanol–water partition coefficient (Wildman–Crippen LogP) is 1.11. The molecule has 0 radical (unpaired) electrons. The van der Waals surface area contributed by atoms with Crippen molar-refractivity contribution in [2.75, 3.05) is 19.0 Å². The first kappa shape index (κ1) is 17.5. The van der Waals surface area contributed by atoms with Crippen molar-refractivity contribution in [2.24, 2.45) is 5.73 Å². The van der Waals surface area contributed by atoms with Gasteiger partial charge in [-0.1, -0.05) is 5.21 Å². The van der Waals surface area contributed by atoms with Crippen LogP contribution in [0.2, 0.25) is 0 Å². The third kappa shape index (κ3) is 3.93. The van der Waals surface area contributed by atoms with Crippen molar-refractivity contribution in [3.8, 4) is 0 Å². The number of nitrogens with one attached hydrogen (secondary N) is 1. The number of rotatable bonds is 6. The van der Waals surface area contributed by atoms with Crippen LogP contribution in [-0.4, -0.2) is 40.5 Å². The highest BCUT2D eigenvalue weighted by molar-refractivity contribution is 6.03. The van der Waals surface area contributed by atoms with E-state index in [2.05, 4.69) is 20.4 Å². The molecule has 0 bridgehead atoms. The van der Waals surface area contributed by atoms with Gasteiger partial charge in [0, 0.05) is 12.2 Å². The van der Waals surface area contributed by atoms with E-state index in [9.17, 15) is 14.0 Å². The molecule has 24 heavy (non-hydrogen) atoms. The Hall–Kier alpha value is -2.81. The normalized spacial score (nSPS) is 10.5. The average molecular weight is 335 g/mol. The summed E-state index contributed by atoms with van der Waals surface area (Å²) in [5.74, 6) is -2.08. The maximum Gasteiger partial charge on any atom is 0.341 e. The first-order valence-electron chi connectivity index (χ1n) is 7.26. The summed E-state index contributed by atoms with van der Waals surface area (Å²) in [5, 5.41) is 10.1. The van der Waals surface area contributed by atoms with E-state index in [-0.39, 0.29) is 16.9 Å². The monoisotopic (exact) mass is 335 g/mol. The molecule has 0 atom stereocenters. The van der Waals surface area contributed by atoms with E-state index in [1.807, 2.05) is 0 Å². The number of carbonyl (C=O) groups excluding carboxylic acids is 2. The topological polar surface area (TPSA) is 112 Å². The number of anilines is 1. The van der Waals surface area contributed by atoms with Crippen molar-refractivity contribution in [3.63, 3.8) is 0 Å². The highest BCUT2D eigenvalue weighted by Crippen LogP contribution is 2.20. The van der Waals surface area contributed by atoms with Gasteiger partial charge in [0.1, 0.15) is 5.82 Å². The van der Waals surface area contributed by atoms with Crippen LogP contribution in [0, 0.1) is 12.7 Å². The summed E-state index contributed by atoms with van der Waals surface area (Å²) in [6, 6.07) is 2.53. The van der Waals surface area contributed by atoms with E-state index in [0.29, 0.717) is 25.1 Å². The van der Waals surface area contributed by atoms with Gasteiger partial charge in [0.2, 0.25) is 0 Å². The minimum absolute atomic E-state index is 0.0992. The van der Waals surface area contributed by atoms with Crippen LogP contribution in [0.25, 0.3) is 0 Å². The Morgan fingerprint density at radius 2 is 2.17 bits per heavy atom. The molecule has 1 heterocycles. The lowest BCUT2D eigenvalue weighted by molar-refractivity contribution is 0.0594. The van der Waals surface area contributed by atoms with E-state index in [1.54, 1.807) is 6.92 Å². The summed E-state index contributed by atoms with van der Waals surface area (Å²) in [6.45, 7) is 2.61. The average Bonchev–Trinajstić information content (AvgIpc) is 3.01. The number of esters is 1. The van der Waals surface area contributed by atoms with Crippen LogP contribution in [0.15, 0.2) is 18.3 Å². The Labute approximate surface area is 137 Å². The number of hydrogen-bond acceptors (Lipinski definition) is 6. The van der Waals surface area contributed by atoms with E-state index in [1.165, 1.54) is 24.1 Å². The van der Waals surface area contributed by atoms with E-state index in [0.717, 1.165) is 6.07 Å². The molecular formula is C15H18FN5O3. The quantitative estimate of drug-likeness (QED) is 0.765. The molecule has 0 aliphatic carbocycles. The van der Waals surface area contributed by atoms with Crippen LogP contribution in [0.5, 0.6) is 0 Å². The molecule has 9 heteroatoms. The van der Waals surface area contributed by atoms with Gasteiger partial charge in [0.15, 0.2) is 5.69 Å². The first-order valence-corrected chi connectivity index (χ1v) is 7.26. The number of benzene rings is 1. The molecule has 2 rings (SSSR count). The van der Waals surface area contributed by atoms with Gasteiger partial charge in [-0.3, -0.25) is 9.48 Å². The second kappa shape index (κ2) is 7.64. The van der Waals surface area contributed by atoms with E-state index in [4.69, 9.17) is 5.73 Å². The fraction of sp³-hybridized carbons (Fsp3) is 0.333. The largest absolute Gasteiger partial charge is 0.465 e. The lowest BCUT2D eigenvalue weighted by atomic mass is 10.1. The zero-order valence-electron chi connectivity index (χ0n) is 13.4. The fourth-order valence-corrected chi connectivity index (χ4v) is 2.14. The Bertz CT molecular complexity index is 736. The molecule has 8 nitrogen and oxygen atoms in total. The maximum absolute atomic E-state index is 14.0. The molecule has 2 aromatic rings. The lowest BCUT2D eigenvalue weighted by Crippen LogP contribution is -2.14. The lowest BCUT2D eigenvalue weighted by Gasteiger charge is -2.09. The summed E-state index contributed by atoms with van der Waals surface area (Å²) in [7, 11) is 1.17. The zero-order valence-corrected chi connectivity index (χ0v) is 13.4. The summed E-state index contributed by atoms with van der Waals surface area (Å²) in [5.41, 5.74) is 5.90. The minimum atomic E-state index is -0.774. The van der Waals surface area contributed by atoms with Gasteiger partial charge in [-0.05, 0) is 37.6 Å². The van der Waals surface area contributed by atoms with Crippen molar-refractivity contribution < 1.29 is 18.7 Å².